The quantitative estimate of drug-likeness (QED) is 0.218. The molecule has 2 atom stereocenters. The van der Waals surface area contributed by atoms with Crippen molar-refractivity contribution >= 4 is 26.4 Å². The van der Waals surface area contributed by atoms with Gasteiger partial charge in [0.1, 0.15) is 17.2 Å². The van der Waals surface area contributed by atoms with Gasteiger partial charge < -0.3 is 10.1 Å². The number of hydrogen-bond donors (Lipinski definition) is 3. The van der Waals surface area contributed by atoms with Gasteiger partial charge in [0, 0.05) is 18.5 Å². The zero-order valence-electron chi connectivity index (χ0n) is 19.6. The molecule has 3 rings (SSSR count). The topological polar surface area (TPSA) is 176 Å². The number of halogens is 6. The Morgan fingerprint density at radius 1 is 1.07 bits per heavy atom. The van der Waals surface area contributed by atoms with Crippen molar-refractivity contribution in [1.29, 1.82) is 10.5 Å². The molecule has 1 aliphatic rings. The smallest absolute Gasteiger partial charge is 0.489 e. The lowest BCUT2D eigenvalue weighted by Gasteiger charge is -2.30. The number of carbonyl (C=O) groups is 1. The molecule has 0 aliphatic carbocycles. The number of amides is 1. The summed E-state index contributed by atoms with van der Waals surface area (Å²) < 4.78 is 131. The molecule has 0 saturated carbocycles. The van der Waals surface area contributed by atoms with Gasteiger partial charge in [-0.3, -0.25) is 10.1 Å². The van der Waals surface area contributed by atoms with E-state index < -0.39 is 83.3 Å². The SMILES string of the molecule is N#Cc1ccc(C(F)(F)F)c(OCC(C#N)(CC2([SH](=O)=O)CN2)NC(=O)c2ccc(S(=O)(=O)C(F)(F)F)cc2)c1. The standard InChI is InChI=1S/C22H16F6N4O6S2/c23-21(24,25)16-6-1-13(8-29)7-17(16)38-12-19(10-30,9-20(11-31-20)39(34)35)32-18(33)14-2-4-15(5-3-14)40(36,37)22(26,27)28/h1-7,31,39H,9,11-12H2,(H,32,33). The first-order chi connectivity index (χ1) is 18.4. The van der Waals surface area contributed by atoms with Crippen LogP contribution in [-0.2, 0) is 26.7 Å². The van der Waals surface area contributed by atoms with E-state index >= 15 is 0 Å². The van der Waals surface area contributed by atoms with Crippen molar-refractivity contribution in [2.45, 2.75) is 33.4 Å². The minimum Gasteiger partial charge on any atom is -0.489 e. The van der Waals surface area contributed by atoms with E-state index in [0.29, 0.717) is 30.3 Å². The Bertz CT molecular complexity index is 1580. The van der Waals surface area contributed by atoms with E-state index in [1.807, 2.05) is 0 Å². The predicted molar refractivity (Wildman–Crippen MR) is 123 cm³/mol. The fourth-order valence-electron chi connectivity index (χ4n) is 3.51. The molecule has 1 aliphatic heterocycles. The molecule has 40 heavy (non-hydrogen) atoms. The van der Waals surface area contributed by atoms with Crippen LogP contribution in [0.1, 0.15) is 27.9 Å². The second kappa shape index (κ2) is 10.6. The average molecular weight is 611 g/mol. The van der Waals surface area contributed by atoms with Gasteiger partial charge >= 0.3 is 11.7 Å². The molecule has 2 aromatic rings. The first-order valence-corrected chi connectivity index (χ1v) is 13.3. The third-order valence-electron chi connectivity index (χ3n) is 5.72. The van der Waals surface area contributed by atoms with Gasteiger partial charge in [-0.2, -0.15) is 36.9 Å². The Labute approximate surface area is 224 Å². The first kappa shape index (κ1) is 30.7. The van der Waals surface area contributed by atoms with Gasteiger partial charge in [0.05, 0.1) is 28.2 Å². The Kier molecular flexibility index (Phi) is 8.13. The maximum atomic E-state index is 13.5. The number of nitriles is 2. The van der Waals surface area contributed by atoms with Gasteiger partial charge in [0.2, 0.25) is 0 Å². The average Bonchev–Trinajstić information content (AvgIpc) is 3.66. The summed E-state index contributed by atoms with van der Waals surface area (Å²) in [5.41, 5.74) is -10.00. The van der Waals surface area contributed by atoms with Gasteiger partial charge in [-0.1, -0.05) is 0 Å². The molecule has 214 valence electrons. The second-order valence-corrected chi connectivity index (χ2v) is 11.9. The largest absolute Gasteiger partial charge is 0.501 e. The van der Waals surface area contributed by atoms with Crippen LogP contribution < -0.4 is 15.4 Å². The molecule has 1 fully saturated rings. The summed E-state index contributed by atoms with van der Waals surface area (Å²) >= 11 is 0. The number of alkyl halides is 6. The van der Waals surface area contributed by atoms with Crippen LogP contribution >= 0.6 is 0 Å². The summed E-state index contributed by atoms with van der Waals surface area (Å²) in [6.45, 7) is -1.23. The minimum absolute atomic E-state index is 0.174. The lowest BCUT2D eigenvalue weighted by Crippen LogP contribution is -2.55. The molecular formula is C22H16F6N4O6S2. The number of sulfone groups is 1. The van der Waals surface area contributed by atoms with E-state index in [9.17, 15) is 53.2 Å². The van der Waals surface area contributed by atoms with E-state index in [4.69, 9.17) is 10.00 Å². The fraction of sp³-hybridized carbons (Fsp3) is 0.318. The summed E-state index contributed by atoms with van der Waals surface area (Å²) in [6, 6.07) is 7.71. The molecule has 0 spiro atoms. The highest BCUT2D eigenvalue weighted by Gasteiger charge is 2.54. The van der Waals surface area contributed by atoms with E-state index in [-0.39, 0.29) is 12.1 Å². The number of carbonyl (C=O) groups excluding carboxylic acids is 1. The van der Waals surface area contributed by atoms with E-state index in [2.05, 4.69) is 10.6 Å². The maximum absolute atomic E-state index is 13.5. The number of thiol groups is 1. The van der Waals surface area contributed by atoms with Crippen LogP contribution in [0.3, 0.4) is 0 Å². The first-order valence-electron chi connectivity index (χ1n) is 10.7. The van der Waals surface area contributed by atoms with Gasteiger partial charge in [0.15, 0.2) is 16.2 Å². The van der Waals surface area contributed by atoms with E-state index in [0.717, 1.165) is 12.1 Å². The third kappa shape index (κ3) is 6.30. The number of hydrogen-bond acceptors (Lipinski definition) is 9. The summed E-state index contributed by atoms with van der Waals surface area (Å²) in [4.78, 5) is 9.99. The zero-order valence-corrected chi connectivity index (χ0v) is 21.3. The monoisotopic (exact) mass is 610 g/mol. The molecule has 1 heterocycles. The normalized spacial score (nSPS) is 18.7. The van der Waals surface area contributed by atoms with Crippen LogP contribution in [0.5, 0.6) is 5.75 Å². The van der Waals surface area contributed by atoms with Crippen molar-refractivity contribution in [3.63, 3.8) is 0 Å². The zero-order chi connectivity index (χ0) is 30.1. The lowest BCUT2D eigenvalue weighted by molar-refractivity contribution is -0.139. The molecular weight excluding hydrogens is 594 g/mol. The van der Waals surface area contributed by atoms with Crippen LogP contribution in [0.2, 0.25) is 0 Å². The third-order valence-corrected chi connectivity index (χ3v) is 8.39. The number of rotatable bonds is 9. The Hall–Kier alpha value is -3.87. The number of nitrogens with zero attached hydrogens (tertiary/aromatic N) is 2. The number of nitrogens with one attached hydrogen (secondary N) is 2. The highest BCUT2D eigenvalue weighted by molar-refractivity contribution is 7.92. The van der Waals surface area contributed by atoms with E-state index in [1.54, 1.807) is 12.1 Å². The highest BCUT2D eigenvalue weighted by Crippen LogP contribution is 2.38. The van der Waals surface area contributed by atoms with E-state index in [1.165, 1.54) is 0 Å². The lowest BCUT2D eigenvalue weighted by atomic mass is 9.94. The van der Waals surface area contributed by atoms with Crippen LogP contribution in [0.4, 0.5) is 26.3 Å². The van der Waals surface area contributed by atoms with Crippen molar-refractivity contribution in [2.24, 2.45) is 0 Å². The number of benzene rings is 2. The molecule has 0 aromatic heterocycles. The van der Waals surface area contributed by atoms with Crippen LogP contribution in [-0.4, -0.2) is 51.8 Å². The molecule has 2 aromatic carbocycles. The van der Waals surface area contributed by atoms with Crippen molar-refractivity contribution in [3.8, 4) is 17.9 Å². The molecule has 1 saturated heterocycles. The summed E-state index contributed by atoms with van der Waals surface area (Å²) in [7, 11) is -9.01. The molecule has 1 amide bonds. The van der Waals surface area contributed by atoms with Crippen molar-refractivity contribution in [3.05, 3.63) is 59.2 Å². The van der Waals surface area contributed by atoms with Crippen molar-refractivity contribution < 1.29 is 52.7 Å². The molecule has 2 unspecified atom stereocenters. The Morgan fingerprint density at radius 3 is 2.12 bits per heavy atom. The van der Waals surface area contributed by atoms with Gasteiger partial charge in [-0.05, 0) is 42.5 Å². The van der Waals surface area contributed by atoms with Crippen LogP contribution in [0.25, 0.3) is 0 Å². The Balaban J connectivity index is 1.97. The molecule has 2 N–H and O–H groups in total. The molecule has 10 nitrogen and oxygen atoms in total. The summed E-state index contributed by atoms with van der Waals surface area (Å²) in [5.74, 6) is -2.11. The second-order valence-electron chi connectivity index (χ2n) is 8.55. The highest BCUT2D eigenvalue weighted by atomic mass is 32.2. The maximum Gasteiger partial charge on any atom is 0.501 e. The fourth-order valence-corrected chi connectivity index (χ4v) is 5.00. The summed E-state index contributed by atoms with van der Waals surface area (Å²) in [5, 5.41) is 23.6. The predicted octanol–water partition coefficient (Wildman–Crippen LogP) is 2.24. The van der Waals surface area contributed by atoms with Gasteiger partial charge in [-0.15, -0.1) is 0 Å². The molecule has 0 radical (unpaired) electrons. The minimum atomic E-state index is -5.74. The van der Waals surface area contributed by atoms with Gasteiger partial charge in [0.25, 0.3) is 15.7 Å². The summed E-state index contributed by atoms with van der Waals surface area (Å²) in [6.07, 6.45) is -5.68. The van der Waals surface area contributed by atoms with Crippen molar-refractivity contribution in [2.75, 3.05) is 13.2 Å². The van der Waals surface area contributed by atoms with Gasteiger partial charge in [-0.25, -0.2) is 16.8 Å². The van der Waals surface area contributed by atoms with Crippen molar-refractivity contribution in [1.82, 2.24) is 10.6 Å². The van der Waals surface area contributed by atoms with Crippen LogP contribution in [0, 0.1) is 22.7 Å². The van der Waals surface area contributed by atoms with Crippen LogP contribution in [0.15, 0.2) is 47.4 Å². The number of ether oxygens (including phenoxy) is 1. The molecule has 18 heteroatoms. The molecule has 0 bridgehead atoms. The Morgan fingerprint density at radius 2 is 1.68 bits per heavy atom.